The molecule has 0 aliphatic rings. The molecule has 0 aromatic heterocycles. The van der Waals surface area contributed by atoms with E-state index in [9.17, 15) is 0 Å². The quantitative estimate of drug-likeness (QED) is 0.793. The maximum atomic E-state index is 5.26. The summed E-state index contributed by atoms with van der Waals surface area (Å²) < 4.78 is 5.26. The van der Waals surface area contributed by atoms with Crippen molar-refractivity contribution in [2.75, 3.05) is 14.2 Å². The molecule has 14 heavy (non-hydrogen) atoms. The molecule has 1 aromatic rings. The Labute approximate surface area is 86.3 Å². The van der Waals surface area contributed by atoms with Crippen molar-refractivity contribution in [2.24, 2.45) is 0 Å². The second kappa shape index (κ2) is 5.01. The Hall–Kier alpha value is -1.02. The lowest BCUT2D eigenvalue weighted by molar-refractivity contribution is 0.413. The average Bonchev–Trinajstić information content (AvgIpc) is 2.17. The molecule has 0 aliphatic carbocycles. The Morgan fingerprint density at radius 3 is 2.50 bits per heavy atom. The van der Waals surface area contributed by atoms with E-state index in [1.807, 2.05) is 7.05 Å². The standard InChI is InChI=1S/C12H19NO/c1-9(2)11-5-10(8-13-3)6-12(7-11)14-4/h5-7,9,13H,8H2,1-4H3. The van der Waals surface area contributed by atoms with Crippen LogP contribution in [0.3, 0.4) is 0 Å². The van der Waals surface area contributed by atoms with Crippen molar-refractivity contribution in [1.29, 1.82) is 0 Å². The summed E-state index contributed by atoms with van der Waals surface area (Å²) in [5, 5.41) is 3.15. The van der Waals surface area contributed by atoms with E-state index in [-0.39, 0.29) is 0 Å². The minimum Gasteiger partial charge on any atom is -0.497 e. The van der Waals surface area contributed by atoms with Crippen molar-refractivity contribution < 1.29 is 4.74 Å². The number of methoxy groups -OCH3 is 1. The second-order valence-electron chi connectivity index (χ2n) is 3.80. The van der Waals surface area contributed by atoms with Gasteiger partial charge in [0.2, 0.25) is 0 Å². The maximum Gasteiger partial charge on any atom is 0.119 e. The van der Waals surface area contributed by atoms with Gasteiger partial charge in [-0.3, -0.25) is 0 Å². The van der Waals surface area contributed by atoms with Crippen molar-refractivity contribution in [3.8, 4) is 5.75 Å². The first-order chi connectivity index (χ1) is 6.67. The Morgan fingerprint density at radius 2 is 2.00 bits per heavy atom. The van der Waals surface area contributed by atoms with Gasteiger partial charge in [0.1, 0.15) is 5.75 Å². The summed E-state index contributed by atoms with van der Waals surface area (Å²) in [6.45, 7) is 5.27. The zero-order valence-electron chi connectivity index (χ0n) is 9.42. The third kappa shape index (κ3) is 2.74. The molecule has 0 saturated heterocycles. The number of rotatable bonds is 4. The van der Waals surface area contributed by atoms with E-state index in [2.05, 4.69) is 37.4 Å². The third-order valence-electron chi connectivity index (χ3n) is 2.27. The summed E-state index contributed by atoms with van der Waals surface area (Å²) in [5.41, 5.74) is 2.60. The summed E-state index contributed by atoms with van der Waals surface area (Å²) in [6, 6.07) is 6.40. The largest absolute Gasteiger partial charge is 0.497 e. The zero-order valence-corrected chi connectivity index (χ0v) is 9.42. The molecule has 1 rings (SSSR count). The Bertz CT molecular complexity index is 294. The molecule has 0 bridgehead atoms. The molecule has 0 aliphatic heterocycles. The van der Waals surface area contributed by atoms with Crippen molar-refractivity contribution in [2.45, 2.75) is 26.3 Å². The molecule has 0 unspecified atom stereocenters. The molecule has 0 amide bonds. The molecule has 1 aromatic carbocycles. The van der Waals surface area contributed by atoms with Crippen molar-refractivity contribution >= 4 is 0 Å². The van der Waals surface area contributed by atoms with Crippen LogP contribution in [0.1, 0.15) is 30.9 Å². The molecule has 0 radical (unpaired) electrons. The fourth-order valence-electron chi connectivity index (χ4n) is 1.44. The van der Waals surface area contributed by atoms with Crippen LogP contribution in [0.15, 0.2) is 18.2 Å². The molecule has 2 heteroatoms. The molecular formula is C12H19NO. The molecule has 0 saturated carbocycles. The first-order valence-electron chi connectivity index (χ1n) is 4.99. The van der Waals surface area contributed by atoms with Crippen molar-refractivity contribution in [3.63, 3.8) is 0 Å². The van der Waals surface area contributed by atoms with E-state index in [4.69, 9.17) is 4.74 Å². The van der Waals surface area contributed by atoms with E-state index in [0.29, 0.717) is 5.92 Å². The van der Waals surface area contributed by atoms with Gasteiger partial charge in [0, 0.05) is 6.54 Å². The van der Waals surface area contributed by atoms with Crippen LogP contribution in [0, 0.1) is 0 Å². The predicted octanol–water partition coefficient (Wildman–Crippen LogP) is 2.54. The van der Waals surface area contributed by atoms with Gasteiger partial charge in [-0.25, -0.2) is 0 Å². The molecule has 0 spiro atoms. The minimum atomic E-state index is 0.542. The van der Waals surface area contributed by atoms with Gasteiger partial charge < -0.3 is 10.1 Å². The lowest BCUT2D eigenvalue weighted by atomic mass is 10.0. The first-order valence-corrected chi connectivity index (χ1v) is 4.99. The van der Waals surface area contributed by atoms with Gasteiger partial charge in [0.25, 0.3) is 0 Å². The van der Waals surface area contributed by atoms with Crippen molar-refractivity contribution in [1.82, 2.24) is 5.32 Å². The van der Waals surface area contributed by atoms with Gasteiger partial charge >= 0.3 is 0 Å². The number of hydrogen-bond donors (Lipinski definition) is 1. The highest BCUT2D eigenvalue weighted by Gasteiger charge is 2.03. The van der Waals surface area contributed by atoms with Crippen LogP contribution >= 0.6 is 0 Å². The van der Waals surface area contributed by atoms with Crippen LogP contribution in [0.4, 0.5) is 0 Å². The minimum absolute atomic E-state index is 0.542. The summed E-state index contributed by atoms with van der Waals surface area (Å²) in [7, 11) is 3.66. The van der Waals surface area contributed by atoms with Gasteiger partial charge in [0.05, 0.1) is 7.11 Å². The highest BCUT2D eigenvalue weighted by molar-refractivity contribution is 5.35. The lowest BCUT2D eigenvalue weighted by Gasteiger charge is -2.11. The normalized spacial score (nSPS) is 10.6. The van der Waals surface area contributed by atoms with Crippen molar-refractivity contribution in [3.05, 3.63) is 29.3 Å². The zero-order chi connectivity index (χ0) is 10.6. The predicted molar refractivity (Wildman–Crippen MR) is 59.8 cm³/mol. The molecule has 0 atom stereocenters. The molecule has 2 nitrogen and oxygen atoms in total. The molecule has 78 valence electrons. The van der Waals surface area contributed by atoms with Gasteiger partial charge in [-0.1, -0.05) is 19.9 Å². The average molecular weight is 193 g/mol. The van der Waals surface area contributed by atoms with Gasteiger partial charge in [0.15, 0.2) is 0 Å². The molecule has 0 heterocycles. The van der Waals surface area contributed by atoms with Gasteiger partial charge in [-0.05, 0) is 36.2 Å². The van der Waals surface area contributed by atoms with Crippen LogP contribution in [-0.4, -0.2) is 14.2 Å². The van der Waals surface area contributed by atoms with Gasteiger partial charge in [-0.15, -0.1) is 0 Å². The van der Waals surface area contributed by atoms with Crippen LogP contribution in [0.25, 0.3) is 0 Å². The van der Waals surface area contributed by atoms with E-state index in [0.717, 1.165) is 12.3 Å². The number of nitrogens with one attached hydrogen (secondary N) is 1. The first kappa shape index (κ1) is 11.1. The number of benzene rings is 1. The lowest BCUT2D eigenvalue weighted by Crippen LogP contribution is -2.06. The van der Waals surface area contributed by atoms with E-state index < -0.39 is 0 Å². The fraction of sp³-hybridized carbons (Fsp3) is 0.500. The van der Waals surface area contributed by atoms with Gasteiger partial charge in [-0.2, -0.15) is 0 Å². The molecular weight excluding hydrogens is 174 g/mol. The summed E-state index contributed by atoms with van der Waals surface area (Å²) >= 11 is 0. The van der Waals surface area contributed by atoms with Crippen LogP contribution in [-0.2, 0) is 6.54 Å². The Balaban J connectivity index is 3.00. The fourth-order valence-corrected chi connectivity index (χ4v) is 1.44. The van der Waals surface area contributed by atoms with E-state index in [1.54, 1.807) is 7.11 Å². The van der Waals surface area contributed by atoms with E-state index >= 15 is 0 Å². The molecule has 0 fully saturated rings. The van der Waals surface area contributed by atoms with Crippen LogP contribution < -0.4 is 10.1 Å². The highest BCUT2D eigenvalue weighted by atomic mass is 16.5. The maximum absolute atomic E-state index is 5.26. The van der Waals surface area contributed by atoms with Crippen LogP contribution in [0.2, 0.25) is 0 Å². The van der Waals surface area contributed by atoms with Crippen LogP contribution in [0.5, 0.6) is 5.75 Å². The molecule has 1 N–H and O–H groups in total. The number of ether oxygens (including phenoxy) is 1. The summed E-state index contributed by atoms with van der Waals surface area (Å²) in [5.74, 6) is 1.49. The smallest absolute Gasteiger partial charge is 0.119 e. The summed E-state index contributed by atoms with van der Waals surface area (Å²) in [6.07, 6.45) is 0. The Morgan fingerprint density at radius 1 is 1.29 bits per heavy atom. The summed E-state index contributed by atoms with van der Waals surface area (Å²) in [4.78, 5) is 0. The van der Waals surface area contributed by atoms with E-state index in [1.165, 1.54) is 11.1 Å². The third-order valence-corrected chi connectivity index (χ3v) is 2.27. The second-order valence-corrected chi connectivity index (χ2v) is 3.80. The number of hydrogen-bond acceptors (Lipinski definition) is 2. The monoisotopic (exact) mass is 193 g/mol. The topological polar surface area (TPSA) is 21.3 Å². The highest BCUT2D eigenvalue weighted by Crippen LogP contribution is 2.22. The SMILES string of the molecule is CNCc1cc(OC)cc(C(C)C)c1. The Kier molecular flexibility index (Phi) is 3.96.